The molecule has 14 heavy (non-hydrogen) atoms. The van der Waals surface area contributed by atoms with Gasteiger partial charge < -0.3 is 10.1 Å². The maximum Gasteiger partial charge on any atom is 0.224 e. The van der Waals surface area contributed by atoms with Crippen LogP contribution in [0.15, 0.2) is 18.2 Å². The summed E-state index contributed by atoms with van der Waals surface area (Å²) in [5.74, 6) is 0.943. The van der Waals surface area contributed by atoms with Gasteiger partial charge in [-0.1, -0.05) is 6.07 Å². The number of methoxy groups -OCH3 is 1. The third kappa shape index (κ3) is 1.82. The summed E-state index contributed by atoms with van der Waals surface area (Å²) >= 11 is 0. The first-order chi connectivity index (χ1) is 6.31. The van der Waals surface area contributed by atoms with Crippen molar-refractivity contribution in [2.45, 2.75) is 12.8 Å². The highest BCUT2D eigenvalue weighted by atomic mass is 35.5. The lowest BCUT2D eigenvalue weighted by Gasteiger charge is -2.18. The van der Waals surface area contributed by atoms with Crippen LogP contribution in [0.3, 0.4) is 0 Å². The highest BCUT2D eigenvalue weighted by Gasteiger charge is 2.17. The van der Waals surface area contributed by atoms with E-state index in [-0.39, 0.29) is 18.3 Å². The van der Waals surface area contributed by atoms with Gasteiger partial charge in [0.25, 0.3) is 0 Å². The van der Waals surface area contributed by atoms with Crippen molar-refractivity contribution in [2.75, 3.05) is 12.4 Å². The number of fused-ring (bicyclic) bond motifs is 1. The first-order valence-electron chi connectivity index (χ1n) is 4.27. The molecule has 2 rings (SSSR count). The third-order valence-electron chi connectivity index (χ3n) is 2.23. The van der Waals surface area contributed by atoms with Crippen LogP contribution in [0.2, 0.25) is 0 Å². The Kier molecular flexibility index (Phi) is 3.36. The van der Waals surface area contributed by atoms with Crippen LogP contribution in [0.5, 0.6) is 5.75 Å². The molecule has 76 valence electrons. The van der Waals surface area contributed by atoms with Crippen molar-refractivity contribution in [3.05, 3.63) is 23.8 Å². The second-order valence-electron chi connectivity index (χ2n) is 3.03. The predicted molar refractivity (Wildman–Crippen MR) is 57.2 cm³/mol. The second kappa shape index (κ2) is 4.33. The molecule has 0 saturated heterocycles. The van der Waals surface area contributed by atoms with Gasteiger partial charge in [-0.05, 0) is 18.6 Å². The van der Waals surface area contributed by atoms with Crippen molar-refractivity contribution >= 4 is 24.0 Å². The lowest BCUT2D eigenvalue weighted by atomic mass is 10.0. The fourth-order valence-electron chi connectivity index (χ4n) is 1.58. The van der Waals surface area contributed by atoms with E-state index < -0.39 is 0 Å². The highest BCUT2D eigenvalue weighted by molar-refractivity contribution is 5.94. The average molecular weight is 214 g/mol. The van der Waals surface area contributed by atoms with Gasteiger partial charge in [0.15, 0.2) is 0 Å². The van der Waals surface area contributed by atoms with E-state index in [0.717, 1.165) is 23.4 Å². The van der Waals surface area contributed by atoms with Gasteiger partial charge in [-0.25, -0.2) is 0 Å². The zero-order valence-corrected chi connectivity index (χ0v) is 8.69. The molecule has 0 aromatic heterocycles. The van der Waals surface area contributed by atoms with Crippen molar-refractivity contribution in [2.24, 2.45) is 0 Å². The topological polar surface area (TPSA) is 38.3 Å². The van der Waals surface area contributed by atoms with E-state index in [0.29, 0.717) is 6.42 Å². The first-order valence-corrected chi connectivity index (χ1v) is 4.27. The van der Waals surface area contributed by atoms with Gasteiger partial charge in [-0.15, -0.1) is 12.4 Å². The Hall–Kier alpha value is -1.22. The number of carbonyl (C=O) groups is 1. The highest BCUT2D eigenvalue weighted by Crippen LogP contribution is 2.30. The fourth-order valence-corrected chi connectivity index (χ4v) is 1.58. The van der Waals surface area contributed by atoms with Gasteiger partial charge in [0, 0.05) is 17.7 Å². The molecule has 0 bridgehead atoms. The van der Waals surface area contributed by atoms with Crippen LogP contribution in [-0.4, -0.2) is 13.0 Å². The largest absolute Gasteiger partial charge is 0.496 e. The molecule has 1 aliphatic rings. The lowest BCUT2D eigenvalue weighted by molar-refractivity contribution is -0.116. The van der Waals surface area contributed by atoms with Gasteiger partial charge >= 0.3 is 0 Å². The minimum absolute atomic E-state index is 0. The summed E-state index contributed by atoms with van der Waals surface area (Å²) < 4.78 is 5.20. The number of rotatable bonds is 1. The smallest absolute Gasteiger partial charge is 0.224 e. The van der Waals surface area contributed by atoms with Crippen LogP contribution in [0.4, 0.5) is 5.69 Å². The quantitative estimate of drug-likeness (QED) is 0.775. The summed E-state index contributed by atoms with van der Waals surface area (Å²) in [5.41, 5.74) is 1.99. The molecule has 1 heterocycles. The molecule has 1 aromatic rings. The Morgan fingerprint density at radius 2 is 2.14 bits per heavy atom. The molecule has 1 N–H and O–H groups in total. The van der Waals surface area contributed by atoms with Crippen molar-refractivity contribution < 1.29 is 9.53 Å². The molecule has 1 amide bonds. The zero-order valence-electron chi connectivity index (χ0n) is 7.87. The van der Waals surface area contributed by atoms with Crippen LogP contribution in [0.1, 0.15) is 12.0 Å². The van der Waals surface area contributed by atoms with E-state index in [2.05, 4.69) is 5.32 Å². The Bertz CT molecular complexity index is 352. The van der Waals surface area contributed by atoms with Crippen molar-refractivity contribution in [1.82, 2.24) is 0 Å². The number of hydrogen-bond acceptors (Lipinski definition) is 2. The number of anilines is 1. The van der Waals surface area contributed by atoms with Crippen LogP contribution in [-0.2, 0) is 11.2 Å². The molecule has 0 unspecified atom stereocenters. The van der Waals surface area contributed by atoms with E-state index in [1.165, 1.54) is 0 Å². The van der Waals surface area contributed by atoms with Gasteiger partial charge in [-0.3, -0.25) is 4.79 Å². The molecule has 1 aromatic carbocycles. The van der Waals surface area contributed by atoms with E-state index >= 15 is 0 Å². The molecule has 0 spiro atoms. The van der Waals surface area contributed by atoms with Crippen molar-refractivity contribution in [3.63, 3.8) is 0 Å². The molecular formula is C10H12ClNO2. The Morgan fingerprint density at radius 1 is 1.36 bits per heavy atom. The van der Waals surface area contributed by atoms with Gasteiger partial charge in [0.05, 0.1) is 7.11 Å². The summed E-state index contributed by atoms with van der Waals surface area (Å²) in [6.45, 7) is 0. The number of ether oxygens (including phenoxy) is 1. The number of nitrogens with one attached hydrogen (secondary N) is 1. The number of benzene rings is 1. The van der Waals surface area contributed by atoms with Crippen molar-refractivity contribution in [1.29, 1.82) is 0 Å². The lowest BCUT2D eigenvalue weighted by Crippen LogP contribution is -2.19. The minimum Gasteiger partial charge on any atom is -0.496 e. The summed E-state index contributed by atoms with van der Waals surface area (Å²) in [7, 11) is 1.64. The molecule has 0 aliphatic carbocycles. The summed E-state index contributed by atoms with van der Waals surface area (Å²) in [4.78, 5) is 11.1. The minimum atomic E-state index is 0. The van der Waals surface area contributed by atoms with Crippen LogP contribution in [0.25, 0.3) is 0 Å². The fraction of sp³-hybridized carbons (Fsp3) is 0.300. The maximum absolute atomic E-state index is 11.1. The molecule has 3 nitrogen and oxygen atoms in total. The van der Waals surface area contributed by atoms with Gasteiger partial charge in [-0.2, -0.15) is 0 Å². The predicted octanol–water partition coefficient (Wildman–Crippen LogP) is 2.00. The number of amides is 1. The van der Waals surface area contributed by atoms with E-state index in [1.807, 2.05) is 18.2 Å². The van der Waals surface area contributed by atoms with Crippen LogP contribution >= 0.6 is 12.4 Å². The molecule has 0 atom stereocenters. The Morgan fingerprint density at radius 3 is 2.86 bits per heavy atom. The number of carbonyl (C=O) groups excluding carboxylic acids is 1. The number of hydrogen-bond donors (Lipinski definition) is 1. The van der Waals surface area contributed by atoms with Crippen LogP contribution < -0.4 is 10.1 Å². The molecule has 0 fully saturated rings. The first kappa shape index (κ1) is 10.9. The third-order valence-corrected chi connectivity index (χ3v) is 2.23. The molecule has 4 heteroatoms. The van der Waals surface area contributed by atoms with Crippen molar-refractivity contribution in [3.8, 4) is 5.75 Å². The number of halogens is 1. The second-order valence-corrected chi connectivity index (χ2v) is 3.03. The molecule has 1 aliphatic heterocycles. The summed E-state index contributed by atoms with van der Waals surface area (Å²) in [6.07, 6.45) is 1.32. The molecule has 0 saturated carbocycles. The Labute approximate surface area is 88.9 Å². The summed E-state index contributed by atoms with van der Waals surface area (Å²) in [6, 6.07) is 5.69. The maximum atomic E-state index is 11.1. The SMILES string of the molecule is COc1cccc2c1CCC(=O)N2.Cl. The summed E-state index contributed by atoms with van der Waals surface area (Å²) in [5, 5.41) is 2.82. The monoisotopic (exact) mass is 213 g/mol. The van der Waals surface area contributed by atoms with E-state index in [1.54, 1.807) is 7.11 Å². The van der Waals surface area contributed by atoms with Gasteiger partial charge in [0.1, 0.15) is 5.75 Å². The molecular weight excluding hydrogens is 202 g/mol. The van der Waals surface area contributed by atoms with Crippen LogP contribution in [0, 0.1) is 0 Å². The molecule has 0 radical (unpaired) electrons. The van der Waals surface area contributed by atoms with E-state index in [4.69, 9.17) is 4.74 Å². The Balaban J connectivity index is 0.000000980. The normalized spacial score (nSPS) is 13.6. The van der Waals surface area contributed by atoms with E-state index in [9.17, 15) is 4.79 Å². The standard InChI is InChI=1S/C10H11NO2.ClH/c1-13-9-4-2-3-8-7(9)5-6-10(12)11-8;/h2-4H,5-6H2,1H3,(H,11,12);1H. The van der Waals surface area contributed by atoms with Gasteiger partial charge in [0.2, 0.25) is 5.91 Å². The zero-order chi connectivity index (χ0) is 9.26. The average Bonchev–Trinajstić information content (AvgIpc) is 2.16.